The van der Waals surface area contributed by atoms with Gasteiger partial charge in [0, 0.05) is 0 Å². The minimum atomic E-state index is -0.561. The molecule has 0 bridgehead atoms. The van der Waals surface area contributed by atoms with Crippen molar-refractivity contribution in [3.63, 3.8) is 0 Å². The summed E-state index contributed by atoms with van der Waals surface area (Å²) in [5.41, 5.74) is 3.15. The van der Waals surface area contributed by atoms with E-state index in [-0.39, 0.29) is 11.1 Å². The van der Waals surface area contributed by atoms with Crippen LogP contribution in [0.3, 0.4) is 0 Å². The average molecular weight is 459 g/mol. The predicted molar refractivity (Wildman–Crippen MR) is 126 cm³/mol. The summed E-state index contributed by atoms with van der Waals surface area (Å²) in [7, 11) is 2.54. The Labute approximate surface area is 198 Å². The molecule has 0 saturated carbocycles. The average Bonchev–Trinajstić information content (AvgIpc) is 2.89. The molecule has 174 valence electrons. The van der Waals surface area contributed by atoms with Crippen molar-refractivity contribution in [2.45, 2.75) is 12.8 Å². The minimum Gasteiger partial charge on any atom is -0.494 e. The Hall–Kier alpha value is -4.31. The molecule has 3 aromatic carbocycles. The van der Waals surface area contributed by atoms with Crippen LogP contribution in [-0.2, 0) is 9.47 Å². The van der Waals surface area contributed by atoms with Gasteiger partial charge in [0.15, 0.2) is 0 Å². The summed E-state index contributed by atoms with van der Waals surface area (Å²) in [5.74, 6) is 0.0397. The number of carbonyl (C=O) groups excluding carboxylic acids is 2. The maximum atomic E-state index is 11.8. The Morgan fingerprint density at radius 1 is 0.706 bits per heavy atom. The Kier molecular flexibility index (Phi) is 8.64. The predicted octanol–water partition coefficient (Wildman–Crippen LogP) is 5.04. The molecule has 0 heterocycles. The van der Waals surface area contributed by atoms with E-state index in [1.807, 2.05) is 36.4 Å². The number of methoxy groups -OCH3 is 2. The van der Waals surface area contributed by atoms with Gasteiger partial charge in [-0.3, -0.25) is 0 Å². The molecule has 0 aromatic heterocycles. The number of ether oxygens (including phenoxy) is 4. The first-order chi connectivity index (χ1) is 16.5. The lowest BCUT2D eigenvalue weighted by molar-refractivity contribution is 0.0598. The molecule has 34 heavy (non-hydrogen) atoms. The zero-order valence-electron chi connectivity index (χ0n) is 19.1. The Balaban J connectivity index is 1.45. The number of unbranched alkanes of at least 4 members (excludes halogenated alkanes) is 1. The van der Waals surface area contributed by atoms with Gasteiger partial charge < -0.3 is 18.9 Å². The van der Waals surface area contributed by atoms with Crippen LogP contribution in [0.25, 0.3) is 11.1 Å². The van der Waals surface area contributed by atoms with Gasteiger partial charge in [-0.15, -0.1) is 0 Å². The van der Waals surface area contributed by atoms with Gasteiger partial charge in [-0.1, -0.05) is 24.3 Å². The van der Waals surface area contributed by atoms with Crippen LogP contribution >= 0.6 is 0 Å². The van der Waals surface area contributed by atoms with Crippen molar-refractivity contribution in [1.29, 1.82) is 5.26 Å². The molecule has 0 aliphatic rings. The van der Waals surface area contributed by atoms with Gasteiger partial charge in [-0.05, 0) is 66.4 Å². The molecule has 0 saturated heterocycles. The lowest BCUT2D eigenvalue weighted by atomic mass is 10.0. The SMILES string of the molecule is COC(=O)c1cc(OCCCCOc2ccc(-c3ccc(C#N)cc3)cc2)cc(C(=O)OC)c1. The van der Waals surface area contributed by atoms with E-state index in [0.29, 0.717) is 24.5 Å². The molecule has 0 aliphatic heterocycles. The van der Waals surface area contributed by atoms with E-state index in [4.69, 9.17) is 24.2 Å². The first-order valence-electron chi connectivity index (χ1n) is 10.7. The van der Waals surface area contributed by atoms with Gasteiger partial charge in [-0.2, -0.15) is 5.26 Å². The van der Waals surface area contributed by atoms with Crippen molar-refractivity contribution in [2.75, 3.05) is 27.4 Å². The Bertz CT molecular complexity index is 1130. The highest BCUT2D eigenvalue weighted by molar-refractivity contribution is 5.96. The summed E-state index contributed by atoms with van der Waals surface area (Å²) >= 11 is 0. The molecule has 0 atom stereocenters. The zero-order valence-corrected chi connectivity index (χ0v) is 19.1. The van der Waals surface area contributed by atoms with Gasteiger partial charge in [0.25, 0.3) is 0 Å². The van der Waals surface area contributed by atoms with Gasteiger partial charge >= 0.3 is 11.9 Å². The molecule has 3 rings (SSSR count). The van der Waals surface area contributed by atoms with E-state index >= 15 is 0 Å². The fourth-order valence-corrected chi connectivity index (χ4v) is 3.22. The van der Waals surface area contributed by atoms with Gasteiger partial charge in [0.1, 0.15) is 11.5 Å². The molecular weight excluding hydrogens is 434 g/mol. The quantitative estimate of drug-likeness (QED) is 0.310. The van der Waals surface area contributed by atoms with E-state index in [2.05, 4.69) is 6.07 Å². The highest BCUT2D eigenvalue weighted by atomic mass is 16.5. The van der Waals surface area contributed by atoms with Crippen molar-refractivity contribution < 1.29 is 28.5 Å². The summed E-state index contributed by atoms with van der Waals surface area (Å²) in [6.07, 6.45) is 1.48. The second-order valence-corrected chi connectivity index (χ2v) is 7.35. The molecule has 0 radical (unpaired) electrons. The molecule has 0 spiro atoms. The minimum absolute atomic E-state index is 0.216. The second-order valence-electron chi connectivity index (χ2n) is 7.35. The number of nitriles is 1. The summed E-state index contributed by atoms with van der Waals surface area (Å²) < 4.78 is 21.0. The summed E-state index contributed by atoms with van der Waals surface area (Å²) in [5, 5.41) is 8.90. The number of benzene rings is 3. The van der Waals surface area contributed by atoms with E-state index in [0.717, 1.165) is 29.7 Å². The van der Waals surface area contributed by atoms with Crippen LogP contribution in [-0.4, -0.2) is 39.4 Å². The third-order valence-electron chi connectivity index (χ3n) is 5.03. The zero-order chi connectivity index (χ0) is 24.3. The number of esters is 2. The van der Waals surface area contributed by atoms with Crippen LogP contribution in [0, 0.1) is 11.3 Å². The highest BCUT2D eigenvalue weighted by Crippen LogP contribution is 2.23. The summed E-state index contributed by atoms with van der Waals surface area (Å²) in [4.78, 5) is 23.7. The molecule has 3 aromatic rings. The molecule has 0 aliphatic carbocycles. The molecule has 0 fully saturated rings. The van der Waals surface area contributed by atoms with Crippen LogP contribution in [0.4, 0.5) is 0 Å². The van der Waals surface area contributed by atoms with Crippen LogP contribution in [0.5, 0.6) is 11.5 Å². The van der Waals surface area contributed by atoms with Crippen molar-refractivity contribution >= 4 is 11.9 Å². The van der Waals surface area contributed by atoms with Crippen LogP contribution in [0.15, 0.2) is 66.7 Å². The molecular formula is C27H25NO6. The van der Waals surface area contributed by atoms with Crippen molar-refractivity contribution in [2.24, 2.45) is 0 Å². The van der Waals surface area contributed by atoms with Crippen molar-refractivity contribution in [3.05, 3.63) is 83.4 Å². The monoisotopic (exact) mass is 459 g/mol. The maximum absolute atomic E-state index is 11.8. The number of hydrogen-bond donors (Lipinski definition) is 0. The van der Waals surface area contributed by atoms with Gasteiger partial charge in [-0.25, -0.2) is 9.59 Å². The smallest absolute Gasteiger partial charge is 0.338 e. The second kappa shape index (κ2) is 12.1. The van der Waals surface area contributed by atoms with E-state index in [9.17, 15) is 9.59 Å². The fourth-order valence-electron chi connectivity index (χ4n) is 3.22. The Morgan fingerprint density at radius 2 is 1.18 bits per heavy atom. The summed E-state index contributed by atoms with van der Waals surface area (Å²) in [6.45, 7) is 0.918. The standard InChI is InChI=1S/C27H25NO6/c1-31-26(29)22-15-23(27(30)32-2)17-25(16-22)34-14-4-3-13-33-24-11-9-21(10-12-24)20-7-5-19(18-28)6-8-20/h5-12,15-17H,3-4,13-14H2,1-2H3. The van der Waals surface area contributed by atoms with E-state index in [1.54, 1.807) is 12.1 Å². The van der Waals surface area contributed by atoms with Crippen LogP contribution in [0.1, 0.15) is 39.1 Å². The molecule has 0 N–H and O–H groups in total. The van der Waals surface area contributed by atoms with Crippen molar-refractivity contribution in [3.8, 4) is 28.7 Å². The number of rotatable bonds is 10. The topological polar surface area (TPSA) is 94.9 Å². The molecule has 0 unspecified atom stereocenters. The maximum Gasteiger partial charge on any atom is 0.338 e. The number of hydrogen-bond acceptors (Lipinski definition) is 7. The third kappa shape index (κ3) is 6.59. The molecule has 0 amide bonds. The van der Waals surface area contributed by atoms with Gasteiger partial charge in [0.05, 0.1) is 50.2 Å². The van der Waals surface area contributed by atoms with Crippen LogP contribution < -0.4 is 9.47 Å². The number of nitrogens with zero attached hydrogens (tertiary/aromatic N) is 1. The van der Waals surface area contributed by atoms with Crippen LogP contribution in [0.2, 0.25) is 0 Å². The molecule has 7 heteroatoms. The van der Waals surface area contributed by atoms with Gasteiger partial charge in [0.2, 0.25) is 0 Å². The largest absolute Gasteiger partial charge is 0.494 e. The van der Waals surface area contributed by atoms with E-state index < -0.39 is 11.9 Å². The summed E-state index contributed by atoms with van der Waals surface area (Å²) in [6, 6.07) is 21.8. The van der Waals surface area contributed by atoms with Crippen molar-refractivity contribution in [1.82, 2.24) is 0 Å². The molecule has 7 nitrogen and oxygen atoms in total. The van der Waals surface area contributed by atoms with E-state index in [1.165, 1.54) is 32.4 Å². The first kappa shape index (κ1) is 24.3. The Morgan fingerprint density at radius 3 is 1.65 bits per heavy atom. The third-order valence-corrected chi connectivity index (χ3v) is 5.03. The fraction of sp³-hybridized carbons (Fsp3) is 0.222. The highest BCUT2D eigenvalue weighted by Gasteiger charge is 2.14. The number of carbonyl (C=O) groups is 2. The lowest BCUT2D eigenvalue weighted by Gasteiger charge is -2.11. The normalized spacial score (nSPS) is 10.1. The lowest BCUT2D eigenvalue weighted by Crippen LogP contribution is -2.08. The first-order valence-corrected chi connectivity index (χ1v) is 10.7.